The zero-order chi connectivity index (χ0) is 20.4. The first-order chi connectivity index (χ1) is 14.0. The van der Waals surface area contributed by atoms with Gasteiger partial charge in [0.25, 0.3) is 11.6 Å². The highest BCUT2D eigenvalue weighted by molar-refractivity contribution is 7.20. The topological polar surface area (TPSA) is 77.5 Å². The zero-order valence-corrected chi connectivity index (χ0v) is 16.4. The zero-order valence-electron chi connectivity index (χ0n) is 15.6. The molecule has 0 spiro atoms. The van der Waals surface area contributed by atoms with E-state index in [9.17, 15) is 14.9 Å². The quantitative estimate of drug-likeness (QED) is 0.366. The van der Waals surface area contributed by atoms with Gasteiger partial charge in [-0.2, -0.15) is 4.99 Å². The van der Waals surface area contributed by atoms with E-state index in [1.165, 1.54) is 29.0 Å². The Balaban J connectivity index is 1.67. The number of amides is 1. The van der Waals surface area contributed by atoms with Crippen LogP contribution in [-0.4, -0.2) is 15.4 Å². The fraction of sp³-hybridized carbons (Fsp3) is 0.0909. The first-order valence-electron chi connectivity index (χ1n) is 8.98. The van der Waals surface area contributed by atoms with Gasteiger partial charge in [0.05, 0.1) is 9.80 Å². The summed E-state index contributed by atoms with van der Waals surface area (Å²) in [5, 5.41) is 11.6. The Morgan fingerprint density at radius 3 is 2.66 bits per heavy atom. The Hall–Kier alpha value is -3.58. The molecule has 0 saturated heterocycles. The number of benzene rings is 2. The Morgan fingerprint density at radius 1 is 1.10 bits per heavy atom. The Morgan fingerprint density at radius 2 is 1.90 bits per heavy atom. The van der Waals surface area contributed by atoms with Crippen molar-refractivity contribution in [1.82, 2.24) is 4.57 Å². The van der Waals surface area contributed by atoms with E-state index in [2.05, 4.69) is 29.3 Å². The summed E-state index contributed by atoms with van der Waals surface area (Å²) >= 11 is 1.28. The molecule has 4 aromatic rings. The summed E-state index contributed by atoms with van der Waals surface area (Å²) < 4.78 is 2.73. The van der Waals surface area contributed by atoms with Crippen LogP contribution in [-0.2, 0) is 6.54 Å². The van der Waals surface area contributed by atoms with Gasteiger partial charge in [-0.1, -0.05) is 35.9 Å². The lowest BCUT2D eigenvalue weighted by Gasteiger charge is -2.07. The van der Waals surface area contributed by atoms with Crippen molar-refractivity contribution >= 4 is 33.0 Å². The van der Waals surface area contributed by atoms with Crippen molar-refractivity contribution in [3.8, 4) is 0 Å². The van der Waals surface area contributed by atoms with Crippen LogP contribution in [0, 0.1) is 17.0 Å². The van der Waals surface area contributed by atoms with Gasteiger partial charge in [-0.05, 0) is 36.8 Å². The van der Waals surface area contributed by atoms with Crippen LogP contribution in [0.25, 0.3) is 10.1 Å². The first kappa shape index (κ1) is 18.8. The minimum absolute atomic E-state index is 0.00485. The standard InChI is InChI=1S/C22H17N3O3S/c1-15-5-7-16(8-6-15)14-24-11-3-2-4-21(24)23-22(26)20-13-17-12-18(25(27)28)9-10-19(17)29-20/h2-13H,14H2,1H3. The van der Waals surface area contributed by atoms with E-state index in [0.29, 0.717) is 22.3 Å². The molecule has 0 aliphatic rings. The van der Waals surface area contributed by atoms with Gasteiger partial charge in [0.2, 0.25) is 0 Å². The number of carbonyl (C=O) groups excluding carboxylic acids is 1. The molecule has 6 nitrogen and oxygen atoms in total. The highest BCUT2D eigenvalue weighted by Crippen LogP contribution is 2.29. The van der Waals surface area contributed by atoms with Gasteiger partial charge in [0.15, 0.2) is 0 Å². The third-order valence-corrected chi connectivity index (χ3v) is 5.63. The van der Waals surface area contributed by atoms with Gasteiger partial charge >= 0.3 is 0 Å². The molecule has 144 valence electrons. The molecule has 0 atom stereocenters. The molecule has 29 heavy (non-hydrogen) atoms. The minimum atomic E-state index is -0.444. The van der Waals surface area contributed by atoms with E-state index < -0.39 is 4.92 Å². The maximum Gasteiger partial charge on any atom is 0.289 e. The fourth-order valence-corrected chi connectivity index (χ4v) is 3.93. The van der Waals surface area contributed by atoms with Crippen molar-refractivity contribution < 1.29 is 9.72 Å². The third-order valence-electron chi connectivity index (χ3n) is 4.53. The molecule has 0 fully saturated rings. The molecule has 0 unspecified atom stereocenters. The number of hydrogen-bond donors (Lipinski definition) is 0. The minimum Gasteiger partial charge on any atom is -0.328 e. The van der Waals surface area contributed by atoms with Crippen LogP contribution in [0.4, 0.5) is 5.69 Å². The van der Waals surface area contributed by atoms with Crippen LogP contribution in [0.3, 0.4) is 0 Å². The van der Waals surface area contributed by atoms with E-state index in [1.807, 2.05) is 29.8 Å². The highest BCUT2D eigenvalue weighted by Gasteiger charge is 2.13. The molecular weight excluding hydrogens is 386 g/mol. The number of nitro groups is 1. The molecule has 1 amide bonds. The number of aromatic nitrogens is 1. The molecule has 0 aliphatic heterocycles. The van der Waals surface area contributed by atoms with Crippen molar-refractivity contribution in [2.24, 2.45) is 4.99 Å². The average Bonchev–Trinajstić information content (AvgIpc) is 3.14. The molecule has 4 rings (SSSR count). The largest absolute Gasteiger partial charge is 0.328 e. The average molecular weight is 403 g/mol. The summed E-state index contributed by atoms with van der Waals surface area (Å²) in [7, 11) is 0. The number of nitrogens with zero attached hydrogens (tertiary/aromatic N) is 3. The van der Waals surface area contributed by atoms with E-state index in [0.717, 1.165) is 10.3 Å². The van der Waals surface area contributed by atoms with E-state index in [4.69, 9.17) is 0 Å². The number of nitro benzene ring substituents is 1. The van der Waals surface area contributed by atoms with Crippen LogP contribution in [0.1, 0.15) is 20.8 Å². The SMILES string of the molecule is Cc1ccc(Cn2ccccc2=NC(=O)c2cc3cc([N+](=O)[O-])ccc3s2)cc1. The normalized spacial score (nSPS) is 11.7. The highest BCUT2D eigenvalue weighted by atomic mass is 32.1. The van der Waals surface area contributed by atoms with Gasteiger partial charge in [0, 0.05) is 35.0 Å². The molecular formula is C22H17N3O3S. The second-order valence-electron chi connectivity index (χ2n) is 6.68. The molecule has 7 heteroatoms. The number of fused-ring (bicyclic) bond motifs is 1. The van der Waals surface area contributed by atoms with Gasteiger partial charge in [-0.25, -0.2) is 0 Å². The maximum absolute atomic E-state index is 12.7. The molecule has 2 aromatic heterocycles. The summed E-state index contributed by atoms with van der Waals surface area (Å²) in [6, 6.07) is 20.0. The number of carbonyl (C=O) groups is 1. The molecule has 2 aromatic carbocycles. The summed E-state index contributed by atoms with van der Waals surface area (Å²) in [6.45, 7) is 2.64. The summed E-state index contributed by atoms with van der Waals surface area (Å²) in [4.78, 5) is 28.0. The lowest BCUT2D eigenvalue weighted by Crippen LogP contribution is -2.21. The summed E-state index contributed by atoms with van der Waals surface area (Å²) in [5.41, 5.74) is 2.87. The van der Waals surface area contributed by atoms with Crippen LogP contribution in [0.5, 0.6) is 0 Å². The fourth-order valence-electron chi connectivity index (χ4n) is 3.00. The summed E-state index contributed by atoms with van der Waals surface area (Å²) in [5.74, 6) is -0.363. The van der Waals surface area contributed by atoms with Gasteiger partial charge in [-0.15, -0.1) is 11.3 Å². The van der Waals surface area contributed by atoms with Crippen LogP contribution < -0.4 is 5.49 Å². The third kappa shape index (κ3) is 4.14. The Labute approximate surface area is 170 Å². The van der Waals surface area contributed by atoms with Gasteiger partial charge in [0.1, 0.15) is 5.49 Å². The van der Waals surface area contributed by atoms with Gasteiger partial charge in [-0.3, -0.25) is 14.9 Å². The molecule has 2 heterocycles. The van der Waals surface area contributed by atoms with Crippen LogP contribution >= 0.6 is 11.3 Å². The van der Waals surface area contributed by atoms with Crippen molar-refractivity contribution in [1.29, 1.82) is 0 Å². The smallest absolute Gasteiger partial charge is 0.289 e. The molecule has 0 saturated carbocycles. The molecule has 0 aliphatic carbocycles. The lowest BCUT2D eigenvalue weighted by molar-refractivity contribution is -0.384. The van der Waals surface area contributed by atoms with Crippen molar-refractivity contribution in [2.45, 2.75) is 13.5 Å². The predicted molar refractivity (Wildman–Crippen MR) is 113 cm³/mol. The second kappa shape index (κ2) is 7.81. The van der Waals surface area contributed by atoms with E-state index in [-0.39, 0.29) is 11.6 Å². The Bertz CT molecular complexity index is 1290. The van der Waals surface area contributed by atoms with Crippen molar-refractivity contribution in [3.05, 3.63) is 105 Å². The Kier molecular flexibility index (Phi) is 5.05. The van der Waals surface area contributed by atoms with E-state index in [1.54, 1.807) is 18.2 Å². The molecule has 0 radical (unpaired) electrons. The number of thiophene rings is 1. The van der Waals surface area contributed by atoms with E-state index >= 15 is 0 Å². The number of pyridine rings is 1. The van der Waals surface area contributed by atoms with Crippen molar-refractivity contribution in [3.63, 3.8) is 0 Å². The number of rotatable bonds is 4. The van der Waals surface area contributed by atoms with Crippen LogP contribution in [0.15, 0.2) is 77.9 Å². The van der Waals surface area contributed by atoms with Crippen molar-refractivity contribution in [2.75, 3.05) is 0 Å². The molecule has 0 bridgehead atoms. The lowest BCUT2D eigenvalue weighted by atomic mass is 10.1. The number of non-ortho nitro benzene ring substituents is 1. The maximum atomic E-state index is 12.7. The molecule has 0 N–H and O–H groups in total. The van der Waals surface area contributed by atoms with Gasteiger partial charge < -0.3 is 4.57 Å². The second-order valence-corrected chi connectivity index (χ2v) is 7.76. The predicted octanol–water partition coefficient (Wildman–Crippen LogP) is 4.71. The summed E-state index contributed by atoms with van der Waals surface area (Å²) in [6.07, 6.45) is 1.89. The number of aryl methyl sites for hydroxylation is 1. The number of hydrogen-bond acceptors (Lipinski definition) is 4. The monoisotopic (exact) mass is 403 g/mol. The first-order valence-corrected chi connectivity index (χ1v) is 9.79. The van der Waals surface area contributed by atoms with Crippen LogP contribution in [0.2, 0.25) is 0 Å².